The number of urea groups is 1. The van der Waals surface area contributed by atoms with E-state index in [-0.39, 0.29) is 12.1 Å². The van der Waals surface area contributed by atoms with Gasteiger partial charge >= 0.3 is 6.03 Å². The zero-order valence-electron chi connectivity index (χ0n) is 20.9. The van der Waals surface area contributed by atoms with Crippen LogP contribution in [0.4, 0.5) is 16.2 Å². The molecule has 0 bridgehead atoms. The number of amides is 3. The molecule has 1 aliphatic heterocycles. The Hall–Kier alpha value is -3.07. The van der Waals surface area contributed by atoms with E-state index in [4.69, 9.17) is 27.9 Å². The minimum atomic E-state index is -0.216. The summed E-state index contributed by atoms with van der Waals surface area (Å²) < 4.78 is 9.78. The van der Waals surface area contributed by atoms with Gasteiger partial charge in [-0.2, -0.15) is 0 Å². The molecule has 0 fully saturated rings. The summed E-state index contributed by atoms with van der Waals surface area (Å²) in [6.45, 7) is 2.77. The van der Waals surface area contributed by atoms with E-state index in [9.17, 15) is 9.59 Å². The number of carbonyl (C=O) groups is 2. The second-order valence-electron chi connectivity index (χ2n) is 8.42. The van der Waals surface area contributed by atoms with Crippen LogP contribution in [0.1, 0.15) is 18.1 Å². The number of benzene rings is 3. The lowest BCUT2D eigenvalue weighted by Crippen LogP contribution is -2.40. The Bertz CT molecular complexity index is 1180. The van der Waals surface area contributed by atoms with Crippen LogP contribution in [0.15, 0.2) is 66.7 Å². The van der Waals surface area contributed by atoms with Gasteiger partial charge in [-0.25, -0.2) is 4.79 Å². The highest BCUT2D eigenvalue weighted by atomic mass is 35.5. The molecule has 1 heterocycles. The standard InChI is InChI=1S/C18H19Cl2N3OS.C9H11NO2/c1-12(9-13-5-3-2-4-6-13)21-18(24)22-25-23-8-7-14-10-15(19)11-16(20)17(14)23;1-10(7-11)8-3-5-9(12-2)6-4-8/h2-6,10-12H,7-9H2,1H3,(H2,21,22,24);3-7H,1-2H3. The Kier molecular flexibility index (Phi) is 10.8. The van der Waals surface area contributed by atoms with Crippen molar-refractivity contribution >= 4 is 59.2 Å². The summed E-state index contributed by atoms with van der Waals surface area (Å²) >= 11 is 13.6. The van der Waals surface area contributed by atoms with E-state index < -0.39 is 0 Å². The number of fused-ring (bicyclic) bond motifs is 1. The second kappa shape index (κ2) is 14.0. The fourth-order valence-electron chi connectivity index (χ4n) is 3.76. The van der Waals surface area contributed by atoms with Crippen molar-refractivity contribution in [1.82, 2.24) is 10.0 Å². The summed E-state index contributed by atoms with van der Waals surface area (Å²) in [6.07, 6.45) is 2.41. The molecule has 3 aromatic carbocycles. The quantitative estimate of drug-likeness (QED) is 0.256. The van der Waals surface area contributed by atoms with E-state index in [0.29, 0.717) is 10.0 Å². The van der Waals surface area contributed by atoms with Gasteiger partial charge < -0.3 is 15.0 Å². The first-order valence-electron chi connectivity index (χ1n) is 11.7. The lowest BCUT2D eigenvalue weighted by Gasteiger charge is -2.20. The van der Waals surface area contributed by atoms with Crippen molar-refractivity contribution in [2.24, 2.45) is 0 Å². The van der Waals surface area contributed by atoms with Crippen LogP contribution in [-0.4, -0.2) is 39.2 Å². The van der Waals surface area contributed by atoms with Crippen molar-refractivity contribution in [2.45, 2.75) is 25.8 Å². The summed E-state index contributed by atoms with van der Waals surface area (Å²) in [5.41, 5.74) is 4.07. The predicted octanol–water partition coefficient (Wildman–Crippen LogP) is 6.14. The third-order valence-electron chi connectivity index (χ3n) is 5.59. The molecule has 7 nitrogen and oxygen atoms in total. The SMILES string of the molecule is CC(Cc1ccccc1)NC(=O)NSN1CCc2cc(Cl)cc(Cl)c21.COc1ccc(N(C)C=O)cc1. The molecule has 1 unspecified atom stereocenters. The predicted molar refractivity (Wildman–Crippen MR) is 154 cm³/mol. The number of carbonyl (C=O) groups excluding carboxylic acids is 2. The van der Waals surface area contributed by atoms with Crippen LogP contribution in [0, 0.1) is 0 Å². The number of hydrogen-bond donors (Lipinski definition) is 2. The Balaban J connectivity index is 0.000000266. The summed E-state index contributed by atoms with van der Waals surface area (Å²) in [5.74, 6) is 0.790. The normalized spacial score (nSPS) is 12.5. The fourth-order valence-corrected chi connectivity index (χ4v) is 5.19. The van der Waals surface area contributed by atoms with Crippen molar-refractivity contribution in [3.8, 4) is 5.75 Å². The van der Waals surface area contributed by atoms with Crippen LogP contribution in [0.3, 0.4) is 0 Å². The van der Waals surface area contributed by atoms with Gasteiger partial charge in [0.1, 0.15) is 5.75 Å². The van der Waals surface area contributed by atoms with Gasteiger partial charge in [0.2, 0.25) is 6.41 Å². The summed E-state index contributed by atoms with van der Waals surface area (Å²) in [4.78, 5) is 24.0. The average Bonchev–Trinajstić information content (AvgIpc) is 3.31. The van der Waals surface area contributed by atoms with E-state index in [1.54, 1.807) is 20.2 Å². The Morgan fingerprint density at radius 2 is 1.86 bits per heavy atom. The summed E-state index contributed by atoms with van der Waals surface area (Å²) in [6, 6.07) is 20.8. The van der Waals surface area contributed by atoms with Gasteiger partial charge in [-0.15, -0.1) is 0 Å². The van der Waals surface area contributed by atoms with Gasteiger partial charge in [-0.3, -0.25) is 13.8 Å². The maximum Gasteiger partial charge on any atom is 0.326 e. The fraction of sp³-hybridized carbons (Fsp3) is 0.259. The van der Waals surface area contributed by atoms with Gasteiger partial charge in [0.05, 0.1) is 30.0 Å². The molecule has 1 atom stereocenters. The highest BCUT2D eigenvalue weighted by Gasteiger charge is 2.24. The van der Waals surface area contributed by atoms with Crippen LogP contribution < -0.4 is 24.0 Å². The highest BCUT2D eigenvalue weighted by molar-refractivity contribution is 7.99. The van der Waals surface area contributed by atoms with Gasteiger partial charge in [-0.05, 0) is 67.3 Å². The van der Waals surface area contributed by atoms with E-state index >= 15 is 0 Å². The molecular weight excluding hydrogens is 531 g/mol. The maximum absolute atomic E-state index is 12.1. The molecule has 3 amide bonds. The third kappa shape index (κ3) is 8.49. The Morgan fingerprint density at radius 1 is 1.16 bits per heavy atom. The van der Waals surface area contributed by atoms with Crippen LogP contribution in [-0.2, 0) is 17.6 Å². The number of halogens is 2. The zero-order valence-corrected chi connectivity index (χ0v) is 23.2. The van der Waals surface area contributed by atoms with Gasteiger partial charge in [0, 0.05) is 30.3 Å². The minimum absolute atomic E-state index is 0.0382. The maximum atomic E-state index is 12.1. The largest absolute Gasteiger partial charge is 0.497 e. The molecule has 2 N–H and O–H groups in total. The molecule has 3 aromatic rings. The molecule has 0 saturated heterocycles. The van der Waals surface area contributed by atoms with Crippen LogP contribution in [0.5, 0.6) is 5.75 Å². The van der Waals surface area contributed by atoms with Crippen LogP contribution >= 0.6 is 35.3 Å². The topological polar surface area (TPSA) is 73.9 Å². The summed E-state index contributed by atoms with van der Waals surface area (Å²) in [7, 11) is 3.31. The molecule has 0 spiro atoms. The number of rotatable bonds is 8. The number of ether oxygens (including phenoxy) is 1. The highest BCUT2D eigenvalue weighted by Crippen LogP contribution is 2.40. The Morgan fingerprint density at radius 3 is 2.51 bits per heavy atom. The molecule has 0 aromatic heterocycles. The molecule has 0 aliphatic carbocycles. The average molecular weight is 562 g/mol. The second-order valence-corrected chi connectivity index (χ2v) is 10.1. The Labute approximate surface area is 232 Å². The molecule has 0 radical (unpaired) electrons. The first kappa shape index (κ1) is 28.5. The van der Waals surface area contributed by atoms with Crippen molar-refractivity contribution in [3.63, 3.8) is 0 Å². The smallest absolute Gasteiger partial charge is 0.326 e. The minimum Gasteiger partial charge on any atom is -0.497 e. The van der Waals surface area contributed by atoms with E-state index in [0.717, 1.165) is 48.5 Å². The number of methoxy groups -OCH3 is 1. The number of nitrogens with one attached hydrogen (secondary N) is 2. The molecule has 0 saturated carbocycles. The van der Waals surface area contributed by atoms with Gasteiger partial charge in [0.25, 0.3) is 0 Å². The van der Waals surface area contributed by atoms with Crippen molar-refractivity contribution in [2.75, 3.05) is 29.9 Å². The molecule has 196 valence electrons. The van der Waals surface area contributed by atoms with E-state index in [2.05, 4.69) is 22.2 Å². The van der Waals surface area contributed by atoms with Crippen LogP contribution in [0.25, 0.3) is 0 Å². The lowest BCUT2D eigenvalue weighted by molar-refractivity contribution is -0.107. The zero-order chi connectivity index (χ0) is 26.8. The van der Waals surface area contributed by atoms with Crippen LogP contribution in [0.2, 0.25) is 10.0 Å². The molecule has 1 aliphatic rings. The number of nitrogens with zero attached hydrogens (tertiary/aromatic N) is 2. The molecule has 4 rings (SSSR count). The van der Waals surface area contributed by atoms with Gasteiger partial charge in [-0.1, -0.05) is 53.5 Å². The van der Waals surface area contributed by atoms with E-state index in [1.165, 1.54) is 22.6 Å². The molecular formula is C27H30Cl2N4O3S. The van der Waals surface area contributed by atoms with Crippen molar-refractivity contribution in [1.29, 1.82) is 0 Å². The lowest BCUT2D eigenvalue weighted by atomic mass is 10.1. The van der Waals surface area contributed by atoms with E-state index in [1.807, 2.05) is 59.8 Å². The number of anilines is 2. The summed E-state index contributed by atoms with van der Waals surface area (Å²) in [5, 5.41) is 4.19. The first-order valence-corrected chi connectivity index (χ1v) is 13.2. The first-order chi connectivity index (χ1) is 17.8. The third-order valence-corrected chi connectivity index (χ3v) is 6.96. The number of hydrogen-bond acceptors (Lipinski definition) is 5. The van der Waals surface area contributed by atoms with Crippen molar-refractivity contribution < 1.29 is 14.3 Å². The molecule has 10 heteroatoms. The molecule has 37 heavy (non-hydrogen) atoms. The van der Waals surface area contributed by atoms with Crippen molar-refractivity contribution in [3.05, 3.63) is 87.9 Å². The van der Waals surface area contributed by atoms with Gasteiger partial charge in [0.15, 0.2) is 0 Å². The monoisotopic (exact) mass is 560 g/mol.